The molecule has 0 radical (unpaired) electrons. The highest BCUT2D eigenvalue weighted by molar-refractivity contribution is 7.99. The predicted molar refractivity (Wildman–Crippen MR) is 92.0 cm³/mol. The normalized spacial score (nSPS) is 19.9. The molecule has 0 saturated carbocycles. The molecule has 2 aromatic rings. The molecule has 0 aliphatic carbocycles. The van der Waals surface area contributed by atoms with Crippen LogP contribution in [-0.4, -0.2) is 44.0 Å². The van der Waals surface area contributed by atoms with Gasteiger partial charge in [-0.1, -0.05) is 30.3 Å². The summed E-state index contributed by atoms with van der Waals surface area (Å²) in [7, 11) is 0. The first-order chi connectivity index (χ1) is 11.5. The van der Waals surface area contributed by atoms with Crippen molar-refractivity contribution in [2.75, 3.05) is 11.5 Å². The molecule has 1 unspecified atom stereocenters. The van der Waals surface area contributed by atoms with Crippen LogP contribution in [0.3, 0.4) is 0 Å². The lowest BCUT2D eigenvalue weighted by atomic mass is 9.98. The zero-order valence-corrected chi connectivity index (χ0v) is 14.0. The maximum atomic E-state index is 12.5. The molecular formula is C17H17N3O3S. The summed E-state index contributed by atoms with van der Waals surface area (Å²) < 4.78 is 0. The highest BCUT2D eigenvalue weighted by Crippen LogP contribution is 2.28. The Kier molecular flexibility index (Phi) is 4.53. The molecule has 1 atom stereocenters. The summed E-state index contributed by atoms with van der Waals surface area (Å²) in [6.45, 7) is 1.72. The number of carboxylic acid groups (broad SMARTS) is 1. The van der Waals surface area contributed by atoms with Gasteiger partial charge in [-0.25, -0.2) is 14.8 Å². The third-order valence-corrected chi connectivity index (χ3v) is 5.23. The lowest BCUT2D eigenvalue weighted by molar-refractivity contribution is -0.143. The van der Waals surface area contributed by atoms with Crippen LogP contribution in [0.5, 0.6) is 0 Å². The third kappa shape index (κ3) is 3.12. The second kappa shape index (κ2) is 6.60. The molecule has 1 aromatic heterocycles. The van der Waals surface area contributed by atoms with E-state index in [0.29, 0.717) is 29.3 Å². The molecule has 2 N–H and O–H groups in total. The van der Waals surface area contributed by atoms with Gasteiger partial charge in [-0.3, -0.25) is 4.79 Å². The van der Waals surface area contributed by atoms with Gasteiger partial charge in [0.15, 0.2) is 5.82 Å². The molecule has 0 spiro atoms. The van der Waals surface area contributed by atoms with Crippen LogP contribution in [0.25, 0.3) is 11.4 Å². The Balaban J connectivity index is 1.84. The molecule has 6 nitrogen and oxygen atoms in total. The Hall–Kier alpha value is -2.41. The van der Waals surface area contributed by atoms with Crippen LogP contribution in [0.2, 0.25) is 0 Å². The topological polar surface area (TPSA) is 92.2 Å². The van der Waals surface area contributed by atoms with Gasteiger partial charge in [-0.2, -0.15) is 11.8 Å². The highest BCUT2D eigenvalue weighted by atomic mass is 32.2. The molecule has 1 saturated heterocycles. The molecule has 124 valence electrons. The molecule has 2 heterocycles. The molecule has 1 aliphatic heterocycles. The van der Waals surface area contributed by atoms with Crippen molar-refractivity contribution in [3.05, 3.63) is 47.8 Å². The van der Waals surface area contributed by atoms with E-state index in [-0.39, 0.29) is 0 Å². The number of thioether (sulfide) groups is 1. The number of nitrogens with zero attached hydrogens (tertiary/aromatic N) is 2. The number of carbonyl (C=O) groups is 2. The SMILES string of the molecule is Cc1nc(-c2ccccc2)ncc1C(=O)NC1(C(=O)O)CCSC1. The lowest BCUT2D eigenvalue weighted by Crippen LogP contribution is -2.54. The summed E-state index contributed by atoms with van der Waals surface area (Å²) in [6.07, 6.45) is 1.87. The van der Waals surface area contributed by atoms with Crippen molar-refractivity contribution >= 4 is 23.6 Å². The van der Waals surface area contributed by atoms with Gasteiger partial charge in [0.2, 0.25) is 0 Å². The molecule has 1 aromatic carbocycles. The van der Waals surface area contributed by atoms with Crippen LogP contribution in [0.4, 0.5) is 0 Å². The predicted octanol–water partition coefficient (Wildman–Crippen LogP) is 2.14. The average molecular weight is 343 g/mol. The molecule has 7 heteroatoms. The Morgan fingerprint density at radius 2 is 2.04 bits per heavy atom. The smallest absolute Gasteiger partial charge is 0.330 e. The first-order valence-electron chi connectivity index (χ1n) is 7.54. The zero-order valence-electron chi connectivity index (χ0n) is 13.2. The fourth-order valence-electron chi connectivity index (χ4n) is 2.59. The van der Waals surface area contributed by atoms with Crippen LogP contribution in [-0.2, 0) is 4.79 Å². The number of amides is 1. The monoisotopic (exact) mass is 343 g/mol. The summed E-state index contributed by atoms with van der Waals surface area (Å²) >= 11 is 1.52. The maximum Gasteiger partial charge on any atom is 0.330 e. The van der Waals surface area contributed by atoms with Gasteiger partial charge in [0, 0.05) is 17.5 Å². The summed E-state index contributed by atoms with van der Waals surface area (Å²) in [4.78, 5) is 32.7. The van der Waals surface area contributed by atoms with Crippen molar-refractivity contribution in [1.29, 1.82) is 0 Å². The number of nitrogens with one attached hydrogen (secondary N) is 1. The fourth-order valence-corrected chi connectivity index (χ4v) is 3.91. The zero-order chi connectivity index (χ0) is 17.2. The Morgan fingerprint density at radius 3 is 2.62 bits per heavy atom. The van der Waals surface area contributed by atoms with Gasteiger partial charge in [0.05, 0.1) is 11.3 Å². The van der Waals surface area contributed by atoms with Crippen molar-refractivity contribution in [1.82, 2.24) is 15.3 Å². The first-order valence-corrected chi connectivity index (χ1v) is 8.70. The van der Waals surface area contributed by atoms with Gasteiger partial charge >= 0.3 is 5.97 Å². The number of carbonyl (C=O) groups excluding carboxylic acids is 1. The average Bonchev–Trinajstić information content (AvgIpc) is 3.05. The number of rotatable bonds is 4. The van der Waals surface area contributed by atoms with E-state index in [1.165, 1.54) is 18.0 Å². The molecule has 3 rings (SSSR count). The highest BCUT2D eigenvalue weighted by Gasteiger charge is 2.43. The van der Waals surface area contributed by atoms with E-state index in [4.69, 9.17) is 0 Å². The Labute approximate surface area is 143 Å². The number of hydrogen-bond acceptors (Lipinski definition) is 5. The first kappa shape index (κ1) is 16.4. The van der Waals surface area contributed by atoms with Crippen LogP contribution >= 0.6 is 11.8 Å². The summed E-state index contributed by atoms with van der Waals surface area (Å²) in [5.74, 6) is 0.178. The van der Waals surface area contributed by atoms with Gasteiger partial charge in [0.1, 0.15) is 5.54 Å². The number of carboxylic acids is 1. The molecule has 1 fully saturated rings. The number of benzene rings is 1. The van der Waals surface area contributed by atoms with Gasteiger partial charge < -0.3 is 10.4 Å². The maximum absolute atomic E-state index is 12.5. The van der Waals surface area contributed by atoms with E-state index in [1.54, 1.807) is 6.92 Å². The van der Waals surface area contributed by atoms with Crippen LogP contribution < -0.4 is 5.32 Å². The molecule has 1 aliphatic rings. The number of aryl methyl sites for hydroxylation is 1. The quantitative estimate of drug-likeness (QED) is 0.884. The van der Waals surface area contributed by atoms with Crippen molar-refractivity contribution in [3.8, 4) is 11.4 Å². The van der Waals surface area contributed by atoms with E-state index in [2.05, 4.69) is 15.3 Å². The van der Waals surface area contributed by atoms with Crippen LogP contribution in [0.1, 0.15) is 22.5 Å². The molecule has 1 amide bonds. The standard InChI is InChI=1S/C17H17N3O3S/c1-11-13(9-18-14(19-11)12-5-3-2-4-6-12)15(21)20-17(16(22)23)7-8-24-10-17/h2-6,9H,7-8,10H2,1H3,(H,20,21)(H,22,23). The van der Waals surface area contributed by atoms with Gasteiger partial charge in [0.25, 0.3) is 5.91 Å². The van der Waals surface area contributed by atoms with E-state index < -0.39 is 17.4 Å². The molecular weight excluding hydrogens is 326 g/mol. The number of hydrogen-bond donors (Lipinski definition) is 2. The van der Waals surface area contributed by atoms with Crippen molar-refractivity contribution in [2.24, 2.45) is 0 Å². The third-order valence-electron chi connectivity index (χ3n) is 4.04. The molecule has 0 bridgehead atoms. The fraction of sp³-hybridized carbons (Fsp3) is 0.294. The van der Waals surface area contributed by atoms with E-state index in [0.717, 1.165) is 11.3 Å². The number of aromatic nitrogens is 2. The molecule has 24 heavy (non-hydrogen) atoms. The van der Waals surface area contributed by atoms with E-state index in [1.807, 2.05) is 30.3 Å². The Bertz CT molecular complexity index is 774. The largest absolute Gasteiger partial charge is 0.479 e. The van der Waals surface area contributed by atoms with Crippen molar-refractivity contribution in [2.45, 2.75) is 18.9 Å². The summed E-state index contributed by atoms with van der Waals surface area (Å²) in [6, 6.07) is 9.47. The van der Waals surface area contributed by atoms with E-state index >= 15 is 0 Å². The lowest BCUT2D eigenvalue weighted by Gasteiger charge is -2.24. The van der Waals surface area contributed by atoms with Gasteiger partial charge in [-0.15, -0.1) is 0 Å². The summed E-state index contributed by atoms with van der Waals surface area (Å²) in [5, 5.41) is 12.1. The summed E-state index contributed by atoms with van der Waals surface area (Å²) in [5.41, 5.74) is 0.480. The van der Waals surface area contributed by atoms with Crippen LogP contribution in [0.15, 0.2) is 36.5 Å². The second-order valence-electron chi connectivity index (χ2n) is 5.70. The number of aliphatic carboxylic acids is 1. The minimum Gasteiger partial charge on any atom is -0.479 e. The van der Waals surface area contributed by atoms with Crippen molar-refractivity contribution < 1.29 is 14.7 Å². The second-order valence-corrected chi connectivity index (χ2v) is 6.81. The minimum absolute atomic E-state index is 0.298. The Morgan fingerprint density at radius 1 is 1.29 bits per heavy atom. The van der Waals surface area contributed by atoms with Gasteiger partial charge in [-0.05, 0) is 19.1 Å². The van der Waals surface area contributed by atoms with Crippen LogP contribution in [0, 0.1) is 6.92 Å². The van der Waals surface area contributed by atoms with E-state index in [9.17, 15) is 14.7 Å². The van der Waals surface area contributed by atoms with Crippen molar-refractivity contribution in [3.63, 3.8) is 0 Å². The minimum atomic E-state index is -1.20.